The summed E-state index contributed by atoms with van der Waals surface area (Å²) in [6.07, 6.45) is 2.67. The predicted molar refractivity (Wildman–Crippen MR) is 81.5 cm³/mol. The molecule has 1 aromatic carbocycles. The molecule has 2 nitrogen and oxygen atoms in total. The second-order valence-corrected chi connectivity index (χ2v) is 6.99. The number of benzene rings is 1. The average Bonchev–Trinajstić information content (AvgIpc) is 3.04. The molecule has 1 N–H and O–H groups in total. The summed E-state index contributed by atoms with van der Waals surface area (Å²) in [5, 5.41) is 6.30. The number of nitrogens with one attached hydrogen (secondary N) is 1. The molecule has 1 heterocycles. The highest BCUT2D eigenvalue weighted by Gasteiger charge is 2.35. The topological polar surface area (TPSA) is 24.4 Å². The van der Waals surface area contributed by atoms with Crippen LogP contribution in [0.1, 0.15) is 12.8 Å². The normalized spacial score (nSPS) is 23.1. The van der Waals surface area contributed by atoms with Crippen molar-refractivity contribution in [1.82, 2.24) is 0 Å². The fraction of sp³-hybridized carbons (Fsp3) is 0.417. The molecule has 0 amide bonds. The van der Waals surface area contributed by atoms with Gasteiger partial charge in [-0.25, -0.2) is 0 Å². The summed E-state index contributed by atoms with van der Waals surface area (Å²) in [5.41, 5.74) is 0.686. The molecule has 3 rings (SSSR count). The van der Waals surface area contributed by atoms with Crippen molar-refractivity contribution >= 4 is 57.4 Å². The first-order valence-electron chi connectivity index (χ1n) is 5.76. The van der Waals surface area contributed by atoms with Crippen LogP contribution in [0, 0.1) is 5.92 Å². The molecule has 2 aliphatic rings. The second-order valence-electron chi connectivity index (χ2n) is 4.51. The molecule has 0 radical (unpaired) electrons. The van der Waals surface area contributed by atoms with Gasteiger partial charge in [-0.05, 0) is 30.9 Å². The first kappa shape index (κ1) is 12.9. The van der Waals surface area contributed by atoms with Crippen LogP contribution in [0.3, 0.4) is 0 Å². The lowest BCUT2D eigenvalue weighted by Gasteiger charge is -2.11. The van der Waals surface area contributed by atoms with Gasteiger partial charge in [0.2, 0.25) is 0 Å². The molecule has 0 aromatic heterocycles. The van der Waals surface area contributed by atoms with Crippen molar-refractivity contribution in [2.24, 2.45) is 10.9 Å². The van der Waals surface area contributed by atoms with Gasteiger partial charge >= 0.3 is 0 Å². The Morgan fingerprint density at radius 1 is 1.17 bits per heavy atom. The van der Waals surface area contributed by atoms with Gasteiger partial charge in [-0.1, -0.05) is 46.6 Å². The summed E-state index contributed by atoms with van der Waals surface area (Å²) in [5.74, 6) is 0.842. The lowest BCUT2D eigenvalue weighted by atomic mass is 10.3. The molecule has 1 fully saturated rings. The Morgan fingerprint density at radius 2 is 1.83 bits per heavy atom. The molecule has 1 unspecified atom stereocenters. The summed E-state index contributed by atoms with van der Waals surface area (Å²) < 4.78 is 0. The minimum Gasteiger partial charge on any atom is -0.333 e. The first-order valence-corrected chi connectivity index (χ1v) is 7.77. The van der Waals surface area contributed by atoms with E-state index in [-0.39, 0.29) is 0 Å². The maximum Gasteiger partial charge on any atom is 0.161 e. The number of rotatable bonds is 2. The van der Waals surface area contributed by atoms with Gasteiger partial charge < -0.3 is 5.32 Å². The molecule has 0 bridgehead atoms. The van der Waals surface area contributed by atoms with Crippen molar-refractivity contribution in [1.29, 1.82) is 0 Å². The Balaban J connectivity index is 1.73. The largest absolute Gasteiger partial charge is 0.333 e. The van der Waals surface area contributed by atoms with Gasteiger partial charge in [-0.2, -0.15) is 0 Å². The summed E-state index contributed by atoms with van der Waals surface area (Å²) in [4.78, 5) is 4.50. The summed E-state index contributed by atoms with van der Waals surface area (Å²) in [6, 6.07) is 3.35. The number of hydrogen-bond acceptors (Lipinski definition) is 3. The summed E-state index contributed by atoms with van der Waals surface area (Å²) in [6.45, 7) is 0.889. The Bertz CT molecular complexity index is 491. The van der Waals surface area contributed by atoms with Crippen LogP contribution < -0.4 is 5.32 Å². The van der Waals surface area contributed by atoms with Gasteiger partial charge in [-0.15, -0.1) is 0 Å². The van der Waals surface area contributed by atoms with E-state index in [0.29, 0.717) is 26.0 Å². The number of aliphatic imine (C=N–C) groups is 1. The molecule has 96 valence electrons. The third-order valence-electron chi connectivity index (χ3n) is 3.06. The number of nitrogens with zero attached hydrogens (tertiary/aromatic N) is 1. The zero-order valence-electron chi connectivity index (χ0n) is 9.42. The number of thioether (sulfide) groups is 1. The maximum atomic E-state index is 6.13. The smallest absolute Gasteiger partial charge is 0.161 e. The fourth-order valence-corrected chi connectivity index (χ4v) is 4.06. The number of anilines is 1. The van der Waals surface area contributed by atoms with Crippen LogP contribution in [0.15, 0.2) is 17.1 Å². The Labute approximate surface area is 125 Å². The molecule has 0 spiro atoms. The monoisotopic (exact) mass is 320 g/mol. The van der Waals surface area contributed by atoms with Crippen molar-refractivity contribution in [2.75, 3.05) is 11.9 Å². The second kappa shape index (κ2) is 5.12. The summed E-state index contributed by atoms with van der Waals surface area (Å²) >= 11 is 19.9. The zero-order chi connectivity index (χ0) is 12.7. The molecule has 1 atom stereocenters. The minimum atomic E-state index is 0.519. The number of halogens is 3. The quantitative estimate of drug-likeness (QED) is 0.834. The van der Waals surface area contributed by atoms with Crippen LogP contribution in [0.4, 0.5) is 5.69 Å². The molecular weight excluding hydrogens is 311 g/mol. The highest BCUT2D eigenvalue weighted by Crippen LogP contribution is 2.43. The van der Waals surface area contributed by atoms with E-state index in [1.807, 2.05) is 0 Å². The van der Waals surface area contributed by atoms with E-state index in [1.54, 1.807) is 23.9 Å². The van der Waals surface area contributed by atoms with Crippen LogP contribution in [-0.2, 0) is 0 Å². The van der Waals surface area contributed by atoms with E-state index in [0.717, 1.165) is 17.6 Å². The van der Waals surface area contributed by atoms with Gasteiger partial charge in [-0.3, -0.25) is 4.99 Å². The zero-order valence-corrected chi connectivity index (χ0v) is 12.5. The predicted octanol–water partition coefficient (Wildman–Crippen LogP) is 4.94. The van der Waals surface area contributed by atoms with Crippen molar-refractivity contribution in [3.63, 3.8) is 0 Å². The van der Waals surface area contributed by atoms with E-state index in [2.05, 4.69) is 10.3 Å². The van der Waals surface area contributed by atoms with Gasteiger partial charge in [0.15, 0.2) is 5.17 Å². The lowest BCUT2D eigenvalue weighted by Crippen LogP contribution is -2.09. The van der Waals surface area contributed by atoms with Crippen LogP contribution in [-0.4, -0.2) is 17.0 Å². The van der Waals surface area contributed by atoms with Crippen molar-refractivity contribution in [3.8, 4) is 0 Å². The molecule has 1 aliphatic carbocycles. The lowest BCUT2D eigenvalue weighted by molar-refractivity contribution is 0.773. The van der Waals surface area contributed by atoms with E-state index >= 15 is 0 Å². The van der Waals surface area contributed by atoms with E-state index in [9.17, 15) is 0 Å². The van der Waals surface area contributed by atoms with Gasteiger partial charge in [0.1, 0.15) is 0 Å². The summed E-state index contributed by atoms with van der Waals surface area (Å²) in [7, 11) is 0. The molecule has 1 aromatic rings. The molecule has 6 heteroatoms. The van der Waals surface area contributed by atoms with Crippen LogP contribution >= 0.6 is 46.6 Å². The van der Waals surface area contributed by atoms with Gasteiger partial charge in [0.25, 0.3) is 0 Å². The average molecular weight is 322 g/mol. The van der Waals surface area contributed by atoms with Crippen molar-refractivity contribution in [3.05, 3.63) is 27.2 Å². The van der Waals surface area contributed by atoms with Crippen LogP contribution in [0.25, 0.3) is 0 Å². The Hall–Kier alpha value is -0.0900. The first-order chi connectivity index (χ1) is 8.63. The van der Waals surface area contributed by atoms with Crippen LogP contribution in [0.2, 0.25) is 15.1 Å². The van der Waals surface area contributed by atoms with E-state index < -0.39 is 0 Å². The Morgan fingerprint density at radius 3 is 2.44 bits per heavy atom. The van der Waals surface area contributed by atoms with E-state index in [1.165, 1.54) is 12.8 Å². The van der Waals surface area contributed by atoms with E-state index in [4.69, 9.17) is 34.8 Å². The minimum absolute atomic E-state index is 0.519. The number of amidine groups is 1. The molecule has 1 aliphatic heterocycles. The fourth-order valence-electron chi connectivity index (χ4n) is 1.94. The number of hydrogen-bond donors (Lipinski definition) is 1. The molecular formula is C12H11Cl3N2S. The molecule has 18 heavy (non-hydrogen) atoms. The molecule has 1 saturated carbocycles. The Kier molecular flexibility index (Phi) is 3.68. The highest BCUT2D eigenvalue weighted by atomic mass is 35.5. The third-order valence-corrected chi connectivity index (χ3v) is 5.17. The maximum absolute atomic E-state index is 6.13. The van der Waals surface area contributed by atoms with Crippen molar-refractivity contribution in [2.45, 2.75) is 18.1 Å². The SMILES string of the molecule is Clc1cc(Cl)c(NC2=NCC(C3CC3)S2)c(Cl)c1. The standard InChI is InChI=1S/C12H11Cl3N2S/c13-7-3-8(14)11(9(15)4-7)17-12-16-5-10(18-12)6-1-2-6/h3-4,6,10H,1-2,5H2,(H,16,17). The van der Waals surface area contributed by atoms with Gasteiger partial charge in [0, 0.05) is 10.3 Å². The van der Waals surface area contributed by atoms with Crippen LogP contribution in [0.5, 0.6) is 0 Å². The third kappa shape index (κ3) is 2.74. The van der Waals surface area contributed by atoms with Gasteiger partial charge in [0.05, 0.1) is 22.3 Å². The molecule has 0 saturated heterocycles. The van der Waals surface area contributed by atoms with Crippen molar-refractivity contribution < 1.29 is 0 Å². The highest BCUT2D eigenvalue weighted by molar-refractivity contribution is 8.15.